The number of nitrogens with two attached hydrogens (primary N) is 1. The van der Waals surface area contributed by atoms with E-state index in [-0.39, 0.29) is 5.56 Å². The average Bonchev–Trinajstić information content (AvgIpc) is 2.50. The van der Waals surface area contributed by atoms with E-state index in [1.165, 1.54) is 23.1 Å². The van der Waals surface area contributed by atoms with Crippen LogP contribution in [0.1, 0.15) is 10.4 Å². The number of anilines is 1. The number of hydrogen-bond acceptors (Lipinski definition) is 3. The van der Waals surface area contributed by atoms with Crippen molar-refractivity contribution >= 4 is 11.6 Å². The molecule has 2 aromatic carbocycles. The molecule has 1 amide bonds. The van der Waals surface area contributed by atoms with Crippen LogP contribution in [-0.2, 0) is 0 Å². The maximum atomic E-state index is 13.6. The Morgan fingerprint density at radius 1 is 1.24 bits per heavy atom. The SMILES string of the molecule is CN(CCOc1ccccc1)C(=O)c1cc(N)ccc1F. The minimum Gasteiger partial charge on any atom is -0.492 e. The lowest BCUT2D eigenvalue weighted by atomic mass is 10.1. The molecule has 0 bridgehead atoms. The van der Waals surface area contributed by atoms with Gasteiger partial charge in [-0.1, -0.05) is 18.2 Å². The Hall–Kier alpha value is -2.56. The zero-order chi connectivity index (χ0) is 15.2. The number of benzene rings is 2. The maximum Gasteiger partial charge on any atom is 0.256 e. The van der Waals surface area contributed by atoms with Crippen molar-refractivity contribution in [2.24, 2.45) is 0 Å². The van der Waals surface area contributed by atoms with E-state index in [9.17, 15) is 9.18 Å². The van der Waals surface area contributed by atoms with Crippen LogP contribution < -0.4 is 10.5 Å². The van der Waals surface area contributed by atoms with Crippen LogP contribution in [0.5, 0.6) is 5.75 Å². The molecule has 2 rings (SSSR count). The third-order valence-electron chi connectivity index (χ3n) is 3.01. The molecule has 0 aromatic heterocycles. The summed E-state index contributed by atoms with van der Waals surface area (Å²) >= 11 is 0. The number of carbonyl (C=O) groups excluding carboxylic acids is 1. The van der Waals surface area contributed by atoms with Gasteiger partial charge in [0.1, 0.15) is 18.2 Å². The molecule has 0 unspecified atom stereocenters. The van der Waals surface area contributed by atoms with Crippen LogP contribution in [0, 0.1) is 5.82 Å². The molecule has 0 aliphatic rings. The Morgan fingerprint density at radius 2 is 1.95 bits per heavy atom. The number of likely N-dealkylation sites (N-methyl/N-ethyl adjacent to an activating group) is 1. The number of halogens is 1. The van der Waals surface area contributed by atoms with Gasteiger partial charge in [-0.15, -0.1) is 0 Å². The highest BCUT2D eigenvalue weighted by atomic mass is 19.1. The molecule has 0 heterocycles. The number of rotatable bonds is 5. The molecule has 110 valence electrons. The predicted molar refractivity (Wildman–Crippen MR) is 79.7 cm³/mol. The summed E-state index contributed by atoms with van der Waals surface area (Å²) in [6.45, 7) is 0.679. The predicted octanol–water partition coefficient (Wildman–Crippen LogP) is 2.56. The molecule has 0 spiro atoms. The molecular weight excluding hydrogens is 271 g/mol. The molecule has 0 fully saturated rings. The molecule has 2 aromatic rings. The van der Waals surface area contributed by atoms with Gasteiger partial charge in [0.05, 0.1) is 12.1 Å². The first-order valence-electron chi connectivity index (χ1n) is 6.56. The fourth-order valence-corrected chi connectivity index (χ4v) is 1.83. The van der Waals surface area contributed by atoms with Crippen molar-refractivity contribution in [3.63, 3.8) is 0 Å². The Morgan fingerprint density at radius 3 is 2.67 bits per heavy atom. The minimum absolute atomic E-state index is 0.0304. The van der Waals surface area contributed by atoms with E-state index in [1.54, 1.807) is 7.05 Å². The first-order valence-corrected chi connectivity index (χ1v) is 6.56. The van der Waals surface area contributed by atoms with E-state index in [4.69, 9.17) is 10.5 Å². The van der Waals surface area contributed by atoms with Crippen molar-refractivity contribution in [3.05, 3.63) is 59.9 Å². The highest BCUT2D eigenvalue weighted by molar-refractivity contribution is 5.95. The third-order valence-corrected chi connectivity index (χ3v) is 3.01. The Kier molecular flexibility index (Phi) is 4.77. The van der Waals surface area contributed by atoms with Gasteiger partial charge in [0.15, 0.2) is 0 Å². The number of hydrogen-bond donors (Lipinski definition) is 1. The van der Waals surface area contributed by atoms with Crippen molar-refractivity contribution in [2.75, 3.05) is 25.9 Å². The van der Waals surface area contributed by atoms with Gasteiger partial charge in [0, 0.05) is 12.7 Å². The summed E-state index contributed by atoms with van der Waals surface area (Å²) in [5.41, 5.74) is 5.90. The normalized spacial score (nSPS) is 10.2. The fraction of sp³-hybridized carbons (Fsp3) is 0.188. The largest absolute Gasteiger partial charge is 0.492 e. The highest BCUT2D eigenvalue weighted by Gasteiger charge is 2.16. The van der Waals surface area contributed by atoms with Gasteiger partial charge in [-0.05, 0) is 30.3 Å². The van der Waals surface area contributed by atoms with Crippen LogP contribution in [0.3, 0.4) is 0 Å². The second-order valence-electron chi connectivity index (χ2n) is 4.63. The van der Waals surface area contributed by atoms with Crippen molar-refractivity contribution in [1.29, 1.82) is 0 Å². The summed E-state index contributed by atoms with van der Waals surface area (Å²) in [5, 5.41) is 0. The number of para-hydroxylation sites is 1. The van der Waals surface area contributed by atoms with Gasteiger partial charge >= 0.3 is 0 Å². The Balaban J connectivity index is 1.92. The van der Waals surface area contributed by atoms with Crippen molar-refractivity contribution < 1.29 is 13.9 Å². The molecule has 0 atom stereocenters. The van der Waals surface area contributed by atoms with Crippen molar-refractivity contribution in [3.8, 4) is 5.75 Å². The molecule has 0 radical (unpaired) electrons. The fourth-order valence-electron chi connectivity index (χ4n) is 1.83. The molecule has 4 nitrogen and oxygen atoms in total. The Labute approximate surface area is 122 Å². The number of nitrogens with zero attached hydrogens (tertiary/aromatic N) is 1. The summed E-state index contributed by atoms with van der Waals surface area (Å²) in [6, 6.07) is 13.2. The highest BCUT2D eigenvalue weighted by Crippen LogP contribution is 2.14. The number of carbonyl (C=O) groups is 1. The van der Waals surface area contributed by atoms with E-state index in [0.717, 1.165) is 5.75 Å². The van der Waals surface area contributed by atoms with E-state index in [0.29, 0.717) is 18.8 Å². The lowest BCUT2D eigenvalue weighted by Gasteiger charge is -2.18. The summed E-state index contributed by atoms with van der Waals surface area (Å²) in [4.78, 5) is 13.5. The summed E-state index contributed by atoms with van der Waals surface area (Å²) in [7, 11) is 1.60. The number of ether oxygens (including phenoxy) is 1. The standard InChI is InChI=1S/C16H17FN2O2/c1-19(9-10-21-13-5-3-2-4-6-13)16(20)14-11-12(18)7-8-15(14)17/h2-8,11H,9-10,18H2,1H3. The molecule has 21 heavy (non-hydrogen) atoms. The summed E-state index contributed by atoms with van der Waals surface area (Å²) in [5.74, 6) is -0.269. The average molecular weight is 288 g/mol. The van der Waals surface area contributed by atoms with Gasteiger partial charge in [0.2, 0.25) is 0 Å². The van der Waals surface area contributed by atoms with Gasteiger partial charge in [-0.3, -0.25) is 4.79 Å². The molecule has 0 aliphatic carbocycles. The zero-order valence-corrected chi connectivity index (χ0v) is 11.8. The summed E-state index contributed by atoms with van der Waals surface area (Å²) in [6.07, 6.45) is 0. The molecule has 2 N–H and O–H groups in total. The van der Waals surface area contributed by atoms with E-state index >= 15 is 0 Å². The Bertz CT molecular complexity index is 617. The minimum atomic E-state index is -0.579. The van der Waals surface area contributed by atoms with E-state index in [2.05, 4.69) is 0 Å². The first-order chi connectivity index (χ1) is 10.1. The third kappa shape index (κ3) is 3.95. The second kappa shape index (κ2) is 6.74. The first kappa shape index (κ1) is 14.8. The molecular formula is C16H17FN2O2. The van der Waals surface area contributed by atoms with Gasteiger partial charge < -0.3 is 15.4 Å². The van der Waals surface area contributed by atoms with E-state index in [1.807, 2.05) is 30.3 Å². The van der Waals surface area contributed by atoms with E-state index < -0.39 is 11.7 Å². The van der Waals surface area contributed by atoms with Crippen LogP contribution in [-0.4, -0.2) is 31.0 Å². The lowest BCUT2D eigenvalue weighted by molar-refractivity contribution is 0.0769. The smallest absolute Gasteiger partial charge is 0.256 e. The summed E-state index contributed by atoms with van der Waals surface area (Å²) < 4.78 is 19.1. The molecule has 0 aliphatic heterocycles. The quantitative estimate of drug-likeness (QED) is 0.860. The van der Waals surface area contributed by atoms with Gasteiger partial charge in [0.25, 0.3) is 5.91 Å². The zero-order valence-electron chi connectivity index (χ0n) is 11.8. The van der Waals surface area contributed by atoms with Crippen LogP contribution in [0.2, 0.25) is 0 Å². The van der Waals surface area contributed by atoms with Crippen LogP contribution >= 0.6 is 0 Å². The van der Waals surface area contributed by atoms with Crippen molar-refractivity contribution in [1.82, 2.24) is 4.90 Å². The number of amides is 1. The number of nitrogen functional groups attached to an aromatic ring is 1. The van der Waals surface area contributed by atoms with Crippen LogP contribution in [0.15, 0.2) is 48.5 Å². The van der Waals surface area contributed by atoms with Gasteiger partial charge in [-0.2, -0.15) is 0 Å². The molecule has 5 heteroatoms. The lowest BCUT2D eigenvalue weighted by Crippen LogP contribution is -2.31. The van der Waals surface area contributed by atoms with Crippen LogP contribution in [0.25, 0.3) is 0 Å². The molecule has 0 saturated carbocycles. The van der Waals surface area contributed by atoms with Crippen LogP contribution in [0.4, 0.5) is 10.1 Å². The maximum absolute atomic E-state index is 13.6. The van der Waals surface area contributed by atoms with Gasteiger partial charge in [-0.25, -0.2) is 4.39 Å². The van der Waals surface area contributed by atoms with Crippen molar-refractivity contribution in [2.45, 2.75) is 0 Å². The second-order valence-corrected chi connectivity index (χ2v) is 4.63. The molecule has 0 saturated heterocycles. The topological polar surface area (TPSA) is 55.6 Å². The monoisotopic (exact) mass is 288 g/mol.